The largest absolute Gasteiger partial charge is 0.508 e. The van der Waals surface area contributed by atoms with Gasteiger partial charge in [-0.25, -0.2) is 8.42 Å². The molecule has 0 aromatic heterocycles. The molecule has 0 aliphatic heterocycles. The first kappa shape index (κ1) is 15.0. The van der Waals surface area contributed by atoms with Crippen LogP contribution in [-0.4, -0.2) is 19.4 Å². The summed E-state index contributed by atoms with van der Waals surface area (Å²) < 4.78 is 23.9. The number of carbonyl (C=O) groups excluding carboxylic acids is 1. The second-order valence-electron chi connectivity index (χ2n) is 4.42. The number of hydrogen-bond acceptors (Lipinski definition) is 4. The molecule has 0 atom stereocenters. The molecule has 3 N–H and O–H groups in total. The van der Waals surface area contributed by atoms with Crippen LogP contribution in [0, 0.1) is 6.92 Å². The van der Waals surface area contributed by atoms with Gasteiger partial charge in [-0.3, -0.25) is 10.2 Å². The predicted octanol–water partition coefficient (Wildman–Crippen LogP) is 1.32. The SMILES string of the molecule is Cc1ccc(S(=O)(=O)NNC(=O)c2ccc(O)cc2)cc1. The van der Waals surface area contributed by atoms with Gasteiger partial charge in [0.05, 0.1) is 4.90 Å². The van der Waals surface area contributed by atoms with Crippen molar-refractivity contribution in [3.63, 3.8) is 0 Å². The Morgan fingerprint density at radius 2 is 1.57 bits per heavy atom. The molecule has 0 heterocycles. The maximum atomic E-state index is 12.0. The molecule has 21 heavy (non-hydrogen) atoms. The smallest absolute Gasteiger partial charge is 0.266 e. The third kappa shape index (κ3) is 3.80. The summed E-state index contributed by atoms with van der Waals surface area (Å²) in [6.45, 7) is 1.84. The quantitative estimate of drug-likeness (QED) is 0.742. The van der Waals surface area contributed by atoms with Gasteiger partial charge in [-0.05, 0) is 43.3 Å². The van der Waals surface area contributed by atoms with Crippen LogP contribution in [0.4, 0.5) is 0 Å². The third-order valence-corrected chi connectivity index (χ3v) is 4.02. The lowest BCUT2D eigenvalue weighted by Crippen LogP contribution is -2.41. The van der Waals surface area contributed by atoms with Crippen molar-refractivity contribution in [2.45, 2.75) is 11.8 Å². The van der Waals surface area contributed by atoms with Crippen molar-refractivity contribution in [3.05, 3.63) is 59.7 Å². The average Bonchev–Trinajstić information content (AvgIpc) is 2.46. The lowest BCUT2D eigenvalue weighted by molar-refractivity contribution is 0.0945. The van der Waals surface area contributed by atoms with Crippen LogP contribution in [0.1, 0.15) is 15.9 Å². The highest BCUT2D eigenvalue weighted by Crippen LogP contribution is 2.10. The zero-order valence-electron chi connectivity index (χ0n) is 11.2. The van der Waals surface area contributed by atoms with E-state index in [0.29, 0.717) is 0 Å². The molecule has 0 saturated heterocycles. The number of nitrogens with one attached hydrogen (secondary N) is 2. The Labute approximate surface area is 122 Å². The molecular weight excluding hydrogens is 292 g/mol. The minimum atomic E-state index is -3.82. The first-order chi connectivity index (χ1) is 9.88. The maximum Gasteiger partial charge on any atom is 0.266 e. The van der Waals surface area contributed by atoms with Crippen molar-refractivity contribution in [3.8, 4) is 5.75 Å². The first-order valence-corrected chi connectivity index (χ1v) is 7.55. The van der Waals surface area contributed by atoms with E-state index in [1.807, 2.05) is 11.8 Å². The number of phenols is 1. The van der Waals surface area contributed by atoms with E-state index in [-0.39, 0.29) is 16.2 Å². The monoisotopic (exact) mass is 306 g/mol. The lowest BCUT2D eigenvalue weighted by atomic mass is 10.2. The van der Waals surface area contributed by atoms with E-state index in [1.165, 1.54) is 36.4 Å². The van der Waals surface area contributed by atoms with Crippen molar-refractivity contribution < 1.29 is 18.3 Å². The molecule has 7 heteroatoms. The van der Waals surface area contributed by atoms with E-state index in [1.54, 1.807) is 12.1 Å². The molecule has 1 amide bonds. The number of aromatic hydroxyl groups is 1. The van der Waals surface area contributed by atoms with E-state index in [4.69, 9.17) is 5.11 Å². The van der Waals surface area contributed by atoms with Crippen molar-refractivity contribution >= 4 is 15.9 Å². The molecule has 6 nitrogen and oxygen atoms in total. The van der Waals surface area contributed by atoms with Gasteiger partial charge in [0, 0.05) is 5.56 Å². The molecule has 0 spiro atoms. The number of phenolic OH excluding ortho intramolecular Hbond substituents is 1. The Hall–Kier alpha value is -2.38. The number of hydrogen-bond donors (Lipinski definition) is 3. The topological polar surface area (TPSA) is 95.5 Å². The van der Waals surface area contributed by atoms with E-state index in [9.17, 15) is 13.2 Å². The molecule has 2 rings (SSSR count). The standard InChI is InChI=1S/C14H14N2O4S/c1-10-2-8-13(9-3-10)21(19,20)16-15-14(18)11-4-6-12(17)7-5-11/h2-9,16-17H,1H3,(H,15,18). The summed E-state index contributed by atoms with van der Waals surface area (Å²) in [5.74, 6) is -0.600. The fourth-order valence-electron chi connectivity index (χ4n) is 1.57. The number of carbonyl (C=O) groups is 1. The van der Waals surface area contributed by atoms with Gasteiger partial charge in [0.15, 0.2) is 0 Å². The minimum Gasteiger partial charge on any atom is -0.508 e. The number of sulfonamides is 1. The van der Waals surface area contributed by atoms with Gasteiger partial charge in [0.1, 0.15) is 5.75 Å². The van der Waals surface area contributed by atoms with Gasteiger partial charge in [-0.1, -0.05) is 17.7 Å². The van der Waals surface area contributed by atoms with Crippen molar-refractivity contribution in [1.29, 1.82) is 0 Å². The highest BCUT2D eigenvalue weighted by molar-refractivity contribution is 7.89. The van der Waals surface area contributed by atoms with Crippen LogP contribution >= 0.6 is 0 Å². The Morgan fingerprint density at radius 1 is 1.00 bits per heavy atom. The molecule has 0 aliphatic carbocycles. The predicted molar refractivity (Wildman–Crippen MR) is 77.1 cm³/mol. The zero-order chi connectivity index (χ0) is 15.5. The lowest BCUT2D eigenvalue weighted by Gasteiger charge is -2.08. The van der Waals surface area contributed by atoms with Gasteiger partial charge in [-0.2, -0.15) is 0 Å². The number of benzene rings is 2. The highest BCUT2D eigenvalue weighted by atomic mass is 32.2. The molecule has 0 saturated carbocycles. The fourth-order valence-corrected chi connectivity index (χ4v) is 2.41. The molecule has 0 aliphatic rings. The van der Waals surface area contributed by atoms with Crippen molar-refractivity contribution in [2.24, 2.45) is 0 Å². The van der Waals surface area contributed by atoms with Gasteiger partial charge in [0.2, 0.25) is 0 Å². The molecule has 0 unspecified atom stereocenters. The van der Waals surface area contributed by atoms with E-state index >= 15 is 0 Å². The number of rotatable bonds is 4. The molecule has 0 fully saturated rings. The van der Waals surface area contributed by atoms with E-state index < -0.39 is 15.9 Å². The Morgan fingerprint density at radius 3 is 2.14 bits per heavy atom. The third-order valence-electron chi connectivity index (χ3n) is 2.76. The Kier molecular flexibility index (Phi) is 4.25. The summed E-state index contributed by atoms with van der Waals surface area (Å²) in [5, 5.41) is 9.13. The van der Waals surface area contributed by atoms with E-state index in [0.717, 1.165) is 5.56 Å². The molecule has 0 radical (unpaired) electrons. The summed E-state index contributed by atoms with van der Waals surface area (Å²) in [6.07, 6.45) is 0. The molecule has 110 valence electrons. The number of aryl methyl sites for hydroxylation is 1. The van der Waals surface area contributed by atoms with Crippen molar-refractivity contribution in [1.82, 2.24) is 10.3 Å². The van der Waals surface area contributed by atoms with Gasteiger partial charge >= 0.3 is 0 Å². The number of amides is 1. The normalized spacial score (nSPS) is 11.1. The Bertz CT molecular complexity index is 738. The second kappa shape index (κ2) is 5.94. The highest BCUT2D eigenvalue weighted by Gasteiger charge is 2.15. The van der Waals surface area contributed by atoms with Crippen LogP contribution in [0.2, 0.25) is 0 Å². The summed E-state index contributed by atoms with van der Waals surface area (Å²) in [7, 11) is -3.82. The minimum absolute atomic E-state index is 0.0202. The summed E-state index contributed by atoms with van der Waals surface area (Å²) in [5.41, 5.74) is 3.27. The van der Waals surface area contributed by atoms with Gasteiger partial charge in [0.25, 0.3) is 15.9 Å². The van der Waals surface area contributed by atoms with Crippen LogP contribution in [0.25, 0.3) is 0 Å². The van der Waals surface area contributed by atoms with Gasteiger partial charge < -0.3 is 5.11 Å². The van der Waals surface area contributed by atoms with Crippen LogP contribution in [-0.2, 0) is 10.0 Å². The first-order valence-electron chi connectivity index (χ1n) is 6.06. The van der Waals surface area contributed by atoms with Gasteiger partial charge in [-0.15, -0.1) is 4.83 Å². The maximum absolute atomic E-state index is 12.0. The Balaban J connectivity index is 2.06. The van der Waals surface area contributed by atoms with Crippen LogP contribution in [0.5, 0.6) is 5.75 Å². The number of hydrazine groups is 1. The molecule has 0 bridgehead atoms. The summed E-state index contributed by atoms with van der Waals surface area (Å²) in [6, 6.07) is 11.7. The van der Waals surface area contributed by atoms with Crippen LogP contribution in [0.3, 0.4) is 0 Å². The zero-order valence-corrected chi connectivity index (χ0v) is 12.0. The molecular formula is C14H14N2O4S. The fraction of sp³-hybridized carbons (Fsp3) is 0.0714. The summed E-state index contributed by atoms with van der Waals surface area (Å²) >= 11 is 0. The van der Waals surface area contributed by atoms with Crippen LogP contribution < -0.4 is 10.3 Å². The average molecular weight is 306 g/mol. The molecule has 2 aromatic rings. The summed E-state index contributed by atoms with van der Waals surface area (Å²) in [4.78, 5) is 13.8. The van der Waals surface area contributed by atoms with Crippen molar-refractivity contribution in [2.75, 3.05) is 0 Å². The molecule has 2 aromatic carbocycles. The van der Waals surface area contributed by atoms with Crippen LogP contribution in [0.15, 0.2) is 53.4 Å². The van der Waals surface area contributed by atoms with E-state index in [2.05, 4.69) is 5.43 Å². The second-order valence-corrected chi connectivity index (χ2v) is 6.10.